The molecule has 0 bridgehead atoms. The summed E-state index contributed by atoms with van der Waals surface area (Å²) in [4.78, 5) is 21.6. The van der Waals surface area contributed by atoms with Gasteiger partial charge in [-0.05, 0) is 41.0 Å². The summed E-state index contributed by atoms with van der Waals surface area (Å²) < 4.78 is 21.4. The van der Waals surface area contributed by atoms with Crippen molar-refractivity contribution >= 4 is 19.1 Å². The number of hydrogen-bond acceptors (Lipinski definition) is 4. The fourth-order valence-corrected chi connectivity index (χ4v) is 2.36. The van der Waals surface area contributed by atoms with Crippen molar-refractivity contribution in [1.29, 1.82) is 0 Å². The van der Waals surface area contributed by atoms with Crippen LogP contribution in [0.3, 0.4) is 0 Å². The van der Waals surface area contributed by atoms with Gasteiger partial charge >= 0.3 is 8.03 Å². The summed E-state index contributed by atoms with van der Waals surface area (Å²) in [5, 5.41) is 0.272. The molecule has 1 atom stereocenters. The third-order valence-corrected chi connectivity index (χ3v) is 3.75. The van der Waals surface area contributed by atoms with Gasteiger partial charge in [0.25, 0.3) is 0 Å². The van der Waals surface area contributed by atoms with Gasteiger partial charge in [-0.3, -0.25) is 4.79 Å². The highest BCUT2D eigenvalue weighted by Gasteiger charge is 2.21. The molecule has 0 aliphatic rings. The second-order valence-electron chi connectivity index (χ2n) is 4.19. The van der Waals surface area contributed by atoms with Gasteiger partial charge in [-0.25, -0.2) is 0 Å². The summed E-state index contributed by atoms with van der Waals surface area (Å²) in [6.07, 6.45) is 0. The summed E-state index contributed by atoms with van der Waals surface area (Å²) in [7, 11) is 0.544. The number of rotatable bonds is 5. The summed E-state index contributed by atoms with van der Waals surface area (Å²) in [6, 6.07) is 11.0. The fourth-order valence-electron chi connectivity index (χ4n) is 1.96. The highest BCUT2D eigenvalue weighted by molar-refractivity contribution is 7.47. The van der Waals surface area contributed by atoms with E-state index in [1.165, 1.54) is 38.5 Å². The number of carbonyl (C=O) groups is 1. The molecule has 6 heteroatoms. The Hall–Kier alpha value is -2.23. The van der Waals surface area contributed by atoms with Crippen molar-refractivity contribution < 1.29 is 23.7 Å². The van der Waals surface area contributed by atoms with Crippen molar-refractivity contribution in [3.05, 3.63) is 53.6 Å². The first kappa shape index (κ1) is 15.2. The van der Waals surface area contributed by atoms with E-state index in [0.717, 1.165) is 0 Å². The Balaban J connectivity index is 2.46. The fraction of sp³-hybridized carbons (Fsp3) is 0.133. The van der Waals surface area contributed by atoms with E-state index in [-0.39, 0.29) is 11.1 Å². The lowest BCUT2D eigenvalue weighted by molar-refractivity contribution is 0.103. The molecule has 0 saturated carbocycles. The van der Waals surface area contributed by atoms with Crippen LogP contribution in [0.1, 0.15) is 15.9 Å². The molecule has 0 fully saturated rings. The topological polar surface area (TPSA) is 72.8 Å². The van der Waals surface area contributed by atoms with E-state index in [1.807, 2.05) is 0 Å². The number of benzene rings is 2. The predicted octanol–water partition coefficient (Wildman–Crippen LogP) is 2.29. The van der Waals surface area contributed by atoms with Crippen molar-refractivity contribution in [3.63, 3.8) is 0 Å². The van der Waals surface area contributed by atoms with Gasteiger partial charge in [0.15, 0.2) is 0 Å². The second kappa shape index (κ2) is 6.48. The van der Waals surface area contributed by atoms with Crippen LogP contribution in [0.5, 0.6) is 11.5 Å². The van der Waals surface area contributed by atoms with Gasteiger partial charge in [-0.2, -0.15) is 4.89 Å². The third kappa shape index (κ3) is 3.10. The SMILES string of the molecule is COc1cccc(OC)c1C(=O)c1ccc([P+](=O)O)cc1. The van der Waals surface area contributed by atoms with Crippen molar-refractivity contribution in [1.82, 2.24) is 0 Å². The molecule has 0 aliphatic heterocycles. The quantitative estimate of drug-likeness (QED) is 0.678. The number of hydrogen-bond donors (Lipinski definition) is 1. The second-order valence-corrected chi connectivity index (χ2v) is 5.25. The summed E-state index contributed by atoms with van der Waals surface area (Å²) in [5.74, 6) is 0.553. The van der Waals surface area contributed by atoms with Crippen LogP contribution in [-0.2, 0) is 4.57 Å². The van der Waals surface area contributed by atoms with Crippen molar-refractivity contribution in [2.45, 2.75) is 0 Å². The minimum absolute atomic E-state index is 0.272. The highest BCUT2D eigenvalue weighted by atomic mass is 31.1. The molecular weight excluding hydrogens is 291 g/mol. The van der Waals surface area contributed by atoms with E-state index in [9.17, 15) is 9.36 Å². The van der Waals surface area contributed by atoms with Gasteiger partial charge in [0, 0.05) is 5.56 Å². The molecule has 0 spiro atoms. The Morgan fingerprint density at radius 3 is 1.95 bits per heavy atom. The van der Waals surface area contributed by atoms with Gasteiger partial charge in [0.2, 0.25) is 11.1 Å². The number of ketones is 1. The molecule has 0 heterocycles. The molecule has 0 aliphatic carbocycles. The van der Waals surface area contributed by atoms with E-state index in [2.05, 4.69) is 0 Å². The maximum Gasteiger partial charge on any atom is 0.546 e. The maximum absolute atomic E-state index is 12.6. The lowest BCUT2D eigenvalue weighted by Crippen LogP contribution is -2.07. The first-order chi connectivity index (χ1) is 10.1. The third-order valence-electron chi connectivity index (χ3n) is 3.01. The van der Waals surface area contributed by atoms with Crippen LogP contribution >= 0.6 is 8.03 Å². The number of methoxy groups -OCH3 is 2. The average molecular weight is 305 g/mol. The van der Waals surface area contributed by atoms with Crippen LogP contribution in [0.4, 0.5) is 0 Å². The molecule has 2 aromatic rings. The van der Waals surface area contributed by atoms with E-state index < -0.39 is 8.03 Å². The predicted molar refractivity (Wildman–Crippen MR) is 78.9 cm³/mol. The zero-order valence-corrected chi connectivity index (χ0v) is 12.5. The summed E-state index contributed by atoms with van der Waals surface area (Å²) >= 11 is 0. The van der Waals surface area contributed by atoms with Crippen molar-refractivity contribution in [2.24, 2.45) is 0 Å². The molecule has 108 valence electrons. The molecule has 21 heavy (non-hydrogen) atoms. The van der Waals surface area contributed by atoms with Crippen molar-refractivity contribution in [2.75, 3.05) is 14.2 Å². The molecular formula is C15H14O5P+. The van der Waals surface area contributed by atoms with E-state index >= 15 is 0 Å². The molecule has 1 unspecified atom stereocenters. The van der Waals surface area contributed by atoms with E-state index in [4.69, 9.17) is 14.4 Å². The summed E-state index contributed by atoms with van der Waals surface area (Å²) in [5.41, 5.74) is 0.710. The van der Waals surface area contributed by atoms with Gasteiger partial charge in [0.1, 0.15) is 17.1 Å². The Kier molecular flexibility index (Phi) is 4.68. The van der Waals surface area contributed by atoms with E-state index in [1.54, 1.807) is 18.2 Å². The van der Waals surface area contributed by atoms with Crippen LogP contribution in [0.15, 0.2) is 42.5 Å². The standard InChI is InChI=1S/C15H13O5P/c1-19-12-4-3-5-13(20-2)14(12)15(16)10-6-8-11(9-7-10)21(17)18/h3-9H,1-2H3/p+1. The largest absolute Gasteiger partial charge is 0.546 e. The monoisotopic (exact) mass is 305 g/mol. The minimum Gasteiger partial charge on any atom is -0.496 e. The average Bonchev–Trinajstić information content (AvgIpc) is 2.53. The van der Waals surface area contributed by atoms with Gasteiger partial charge < -0.3 is 9.47 Å². The molecule has 0 aromatic heterocycles. The first-order valence-corrected chi connectivity index (χ1v) is 7.31. The minimum atomic E-state index is -2.41. The van der Waals surface area contributed by atoms with E-state index in [0.29, 0.717) is 22.6 Å². The Bertz CT molecular complexity index is 657. The normalized spacial score (nSPS) is 10.9. The zero-order valence-electron chi connectivity index (χ0n) is 11.6. The summed E-state index contributed by atoms with van der Waals surface area (Å²) in [6.45, 7) is 0. The maximum atomic E-state index is 12.6. The number of carbonyl (C=O) groups excluding carboxylic acids is 1. The Morgan fingerprint density at radius 1 is 1.00 bits per heavy atom. The highest BCUT2D eigenvalue weighted by Crippen LogP contribution is 2.30. The lowest BCUT2D eigenvalue weighted by Gasteiger charge is -2.11. The van der Waals surface area contributed by atoms with Gasteiger partial charge in [-0.1, -0.05) is 6.07 Å². The number of ether oxygens (including phenoxy) is 2. The molecule has 0 amide bonds. The van der Waals surface area contributed by atoms with Crippen LogP contribution in [-0.4, -0.2) is 24.9 Å². The Labute approximate surface area is 123 Å². The van der Waals surface area contributed by atoms with Crippen LogP contribution in [0.25, 0.3) is 0 Å². The first-order valence-electron chi connectivity index (χ1n) is 6.10. The lowest BCUT2D eigenvalue weighted by atomic mass is 10.0. The zero-order chi connectivity index (χ0) is 15.4. The van der Waals surface area contributed by atoms with Gasteiger partial charge in [0.05, 0.1) is 14.2 Å². The molecule has 1 N–H and O–H groups in total. The van der Waals surface area contributed by atoms with Gasteiger partial charge in [-0.15, -0.1) is 0 Å². The van der Waals surface area contributed by atoms with Crippen LogP contribution < -0.4 is 14.8 Å². The smallest absolute Gasteiger partial charge is 0.496 e. The molecule has 0 radical (unpaired) electrons. The van der Waals surface area contributed by atoms with Crippen LogP contribution in [0.2, 0.25) is 0 Å². The van der Waals surface area contributed by atoms with Crippen molar-refractivity contribution in [3.8, 4) is 11.5 Å². The van der Waals surface area contributed by atoms with Crippen LogP contribution in [0, 0.1) is 0 Å². The molecule has 5 nitrogen and oxygen atoms in total. The Morgan fingerprint density at radius 2 is 1.52 bits per heavy atom. The molecule has 2 rings (SSSR count). The molecule has 2 aromatic carbocycles. The molecule has 0 saturated heterocycles.